The summed E-state index contributed by atoms with van der Waals surface area (Å²) in [7, 11) is 0. The number of hydrogen-bond donors (Lipinski definition) is 0. The van der Waals surface area contributed by atoms with Gasteiger partial charge in [0.05, 0.1) is 5.39 Å². The van der Waals surface area contributed by atoms with Crippen LogP contribution in [0.4, 0.5) is 11.6 Å². The maximum atomic E-state index is 12.3. The Kier molecular flexibility index (Phi) is 3.78. The molecule has 5 heterocycles. The molecule has 0 atom stereocenters. The molecule has 1 aliphatic rings. The standard InChI is InChI=1S/C19H18N6OS/c1-13-10-14-18(20-12-21-19(14)27-13)24-8-6-23(7-9-24)16-11-17(26)25-5-3-2-4-15(25)22-16/h2-5,10-12H,6-9H2,1H3. The van der Waals surface area contributed by atoms with Crippen LogP contribution in [-0.4, -0.2) is 45.5 Å². The molecule has 27 heavy (non-hydrogen) atoms. The molecular weight excluding hydrogens is 360 g/mol. The summed E-state index contributed by atoms with van der Waals surface area (Å²) in [6.07, 6.45) is 3.39. The summed E-state index contributed by atoms with van der Waals surface area (Å²) >= 11 is 1.70. The van der Waals surface area contributed by atoms with Crippen molar-refractivity contribution < 1.29 is 0 Å². The van der Waals surface area contributed by atoms with E-state index in [1.165, 1.54) is 4.88 Å². The number of nitrogens with zero attached hydrogens (tertiary/aromatic N) is 6. The Morgan fingerprint density at radius 2 is 1.85 bits per heavy atom. The van der Waals surface area contributed by atoms with Crippen LogP contribution in [0.15, 0.2) is 47.7 Å². The first kappa shape index (κ1) is 16.2. The Morgan fingerprint density at radius 3 is 2.70 bits per heavy atom. The zero-order valence-electron chi connectivity index (χ0n) is 14.9. The molecule has 0 spiro atoms. The number of pyridine rings is 1. The number of anilines is 2. The first-order valence-corrected chi connectivity index (χ1v) is 9.70. The molecule has 5 rings (SSSR count). The van der Waals surface area contributed by atoms with Crippen molar-refractivity contribution in [3.05, 3.63) is 58.1 Å². The van der Waals surface area contributed by atoms with Gasteiger partial charge in [-0.3, -0.25) is 9.20 Å². The molecule has 7 nitrogen and oxygen atoms in total. The van der Waals surface area contributed by atoms with E-state index in [0.717, 1.165) is 48.0 Å². The highest BCUT2D eigenvalue weighted by Gasteiger charge is 2.22. The van der Waals surface area contributed by atoms with E-state index in [1.54, 1.807) is 34.3 Å². The first-order chi connectivity index (χ1) is 13.2. The average Bonchev–Trinajstić information content (AvgIpc) is 3.08. The molecular formula is C19H18N6OS. The van der Waals surface area contributed by atoms with Gasteiger partial charge in [0.2, 0.25) is 0 Å². The highest BCUT2D eigenvalue weighted by molar-refractivity contribution is 7.18. The zero-order valence-corrected chi connectivity index (χ0v) is 15.7. The van der Waals surface area contributed by atoms with Crippen LogP contribution in [0.5, 0.6) is 0 Å². The maximum absolute atomic E-state index is 12.3. The van der Waals surface area contributed by atoms with Gasteiger partial charge < -0.3 is 9.80 Å². The SMILES string of the molecule is Cc1cc2c(N3CCN(c4cc(=O)n5ccccc5n4)CC3)ncnc2s1. The number of rotatable bonds is 2. The van der Waals surface area contributed by atoms with E-state index >= 15 is 0 Å². The van der Waals surface area contributed by atoms with E-state index < -0.39 is 0 Å². The molecule has 0 saturated carbocycles. The molecule has 1 saturated heterocycles. The van der Waals surface area contributed by atoms with Crippen LogP contribution in [0.25, 0.3) is 15.9 Å². The molecule has 1 aliphatic heterocycles. The first-order valence-electron chi connectivity index (χ1n) is 8.88. The van der Waals surface area contributed by atoms with E-state index in [1.807, 2.05) is 18.2 Å². The topological polar surface area (TPSA) is 66.6 Å². The highest BCUT2D eigenvalue weighted by atomic mass is 32.1. The van der Waals surface area contributed by atoms with Crippen molar-refractivity contribution in [3.8, 4) is 0 Å². The molecule has 136 valence electrons. The number of piperazine rings is 1. The smallest absolute Gasteiger partial charge is 0.259 e. The molecule has 1 fully saturated rings. The van der Waals surface area contributed by atoms with E-state index in [4.69, 9.17) is 0 Å². The second-order valence-electron chi connectivity index (χ2n) is 6.63. The molecule has 0 unspecified atom stereocenters. The van der Waals surface area contributed by atoms with Crippen LogP contribution in [-0.2, 0) is 0 Å². The van der Waals surface area contributed by atoms with Crippen LogP contribution in [0, 0.1) is 6.92 Å². The van der Waals surface area contributed by atoms with Gasteiger partial charge in [-0.1, -0.05) is 6.07 Å². The van der Waals surface area contributed by atoms with E-state index in [2.05, 4.69) is 37.7 Å². The Labute approximate surface area is 159 Å². The van der Waals surface area contributed by atoms with Gasteiger partial charge in [-0.05, 0) is 25.1 Å². The van der Waals surface area contributed by atoms with Crippen molar-refractivity contribution in [1.82, 2.24) is 19.4 Å². The highest BCUT2D eigenvalue weighted by Crippen LogP contribution is 2.30. The van der Waals surface area contributed by atoms with E-state index in [9.17, 15) is 4.79 Å². The van der Waals surface area contributed by atoms with Crippen LogP contribution in [0.2, 0.25) is 0 Å². The Bertz CT molecular complexity index is 1190. The lowest BCUT2D eigenvalue weighted by atomic mass is 10.2. The molecule has 0 N–H and O–H groups in total. The van der Waals surface area contributed by atoms with Crippen molar-refractivity contribution in [1.29, 1.82) is 0 Å². The van der Waals surface area contributed by atoms with Gasteiger partial charge >= 0.3 is 0 Å². The Hall–Kier alpha value is -3.00. The largest absolute Gasteiger partial charge is 0.353 e. The van der Waals surface area contributed by atoms with E-state index in [0.29, 0.717) is 5.65 Å². The zero-order chi connectivity index (χ0) is 18.4. The van der Waals surface area contributed by atoms with Crippen LogP contribution in [0.3, 0.4) is 0 Å². The molecule has 0 radical (unpaired) electrons. The average molecular weight is 378 g/mol. The third-order valence-electron chi connectivity index (χ3n) is 4.89. The van der Waals surface area contributed by atoms with Gasteiger partial charge in [0, 0.05) is 43.3 Å². The quantitative estimate of drug-likeness (QED) is 0.533. The van der Waals surface area contributed by atoms with Gasteiger partial charge in [0.1, 0.15) is 28.4 Å². The third-order valence-corrected chi connectivity index (χ3v) is 5.85. The Morgan fingerprint density at radius 1 is 1.04 bits per heavy atom. The van der Waals surface area contributed by atoms with Crippen molar-refractivity contribution in [2.24, 2.45) is 0 Å². The number of fused-ring (bicyclic) bond motifs is 2. The fourth-order valence-corrected chi connectivity index (χ4v) is 4.41. The molecule has 0 aliphatic carbocycles. The predicted octanol–water partition coefficient (Wildman–Crippen LogP) is 2.33. The lowest BCUT2D eigenvalue weighted by Gasteiger charge is -2.36. The van der Waals surface area contributed by atoms with Crippen LogP contribution in [0.1, 0.15) is 4.88 Å². The molecule has 0 amide bonds. The summed E-state index contributed by atoms with van der Waals surface area (Å²) in [6, 6.07) is 9.37. The number of aryl methyl sites for hydroxylation is 1. The monoisotopic (exact) mass is 378 g/mol. The fraction of sp³-hybridized carbons (Fsp3) is 0.263. The number of aromatic nitrogens is 4. The van der Waals surface area contributed by atoms with Gasteiger partial charge in [-0.15, -0.1) is 11.3 Å². The normalized spacial score (nSPS) is 15.0. The van der Waals surface area contributed by atoms with Gasteiger partial charge in [-0.25, -0.2) is 15.0 Å². The third kappa shape index (κ3) is 2.82. The van der Waals surface area contributed by atoms with Crippen molar-refractivity contribution in [2.75, 3.05) is 36.0 Å². The molecule has 0 aromatic carbocycles. The minimum absolute atomic E-state index is 0.0516. The van der Waals surface area contributed by atoms with Crippen LogP contribution < -0.4 is 15.4 Å². The predicted molar refractivity (Wildman–Crippen MR) is 108 cm³/mol. The van der Waals surface area contributed by atoms with Crippen molar-refractivity contribution >= 4 is 38.8 Å². The minimum atomic E-state index is -0.0516. The maximum Gasteiger partial charge on any atom is 0.259 e. The van der Waals surface area contributed by atoms with Gasteiger partial charge in [0.15, 0.2) is 0 Å². The lowest BCUT2D eigenvalue weighted by molar-refractivity contribution is 0.642. The Balaban J connectivity index is 1.41. The second-order valence-corrected chi connectivity index (χ2v) is 7.86. The number of hydrogen-bond acceptors (Lipinski definition) is 7. The summed E-state index contributed by atoms with van der Waals surface area (Å²) in [6.45, 7) is 5.35. The summed E-state index contributed by atoms with van der Waals surface area (Å²) in [5, 5.41) is 1.12. The lowest BCUT2D eigenvalue weighted by Crippen LogP contribution is -2.47. The summed E-state index contributed by atoms with van der Waals surface area (Å²) < 4.78 is 1.57. The van der Waals surface area contributed by atoms with Crippen molar-refractivity contribution in [3.63, 3.8) is 0 Å². The van der Waals surface area contributed by atoms with Crippen LogP contribution >= 0.6 is 11.3 Å². The molecule has 8 heteroatoms. The summed E-state index contributed by atoms with van der Waals surface area (Å²) in [5.41, 5.74) is 0.623. The van der Waals surface area contributed by atoms with Gasteiger partial charge in [0.25, 0.3) is 5.56 Å². The minimum Gasteiger partial charge on any atom is -0.353 e. The second kappa shape index (κ2) is 6.31. The van der Waals surface area contributed by atoms with E-state index in [-0.39, 0.29) is 5.56 Å². The summed E-state index contributed by atoms with van der Waals surface area (Å²) in [4.78, 5) is 32.7. The molecule has 4 aromatic rings. The molecule has 4 aromatic heterocycles. The summed E-state index contributed by atoms with van der Waals surface area (Å²) in [5.74, 6) is 1.74. The molecule has 0 bridgehead atoms. The van der Waals surface area contributed by atoms with Gasteiger partial charge in [-0.2, -0.15) is 0 Å². The fourth-order valence-electron chi connectivity index (χ4n) is 3.57. The van der Waals surface area contributed by atoms with Crippen molar-refractivity contribution in [2.45, 2.75) is 6.92 Å². The number of thiophene rings is 1.